The first-order valence-electron chi connectivity index (χ1n) is 8.88. The molecule has 6 nitrogen and oxygen atoms in total. The molecule has 0 fully saturated rings. The van der Waals surface area contributed by atoms with E-state index < -0.39 is 0 Å². The van der Waals surface area contributed by atoms with Gasteiger partial charge in [0, 0.05) is 42.4 Å². The predicted octanol–water partition coefficient (Wildman–Crippen LogP) is 4.00. The average Bonchev–Trinajstić information content (AvgIpc) is 3.16. The molecule has 0 aliphatic heterocycles. The van der Waals surface area contributed by atoms with Crippen molar-refractivity contribution in [2.24, 2.45) is 0 Å². The molecule has 0 saturated heterocycles. The van der Waals surface area contributed by atoms with Crippen LogP contribution >= 0.6 is 0 Å². The third kappa shape index (κ3) is 3.09. The maximum atomic E-state index is 12.1. The van der Waals surface area contributed by atoms with Crippen molar-refractivity contribution in [3.63, 3.8) is 0 Å². The molecule has 0 spiro atoms. The van der Waals surface area contributed by atoms with Crippen LogP contribution in [0.5, 0.6) is 5.75 Å². The number of benzene rings is 2. The van der Waals surface area contributed by atoms with Gasteiger partial charge in [-0.2, -0.15) is 5.10 Å². The van der Waals surface area contributed by atoms with Crippen LogP contribution in [-0.2, 0) is 0 Å². The number of methoxy groups -OCH3 is 1. The molecule has 2 aromatic carbocycles. The van der Waals surface area contributed by atoms with E-state index in [0.29, 0.717) is 11.2 Å². The van der Waals surface area contributed by atoms with E-state index in [1.807, 2.05) is 48.5 Å². The minimum Gasteiger partial charge on any atom is -0.496 e. The Morgan fingerprint density at radius 3 is 2.50 bits per heavy atom. The minimum atomic E-state index is -0.0200. The molecule has 0 atom stereocenters. The second kappa shape index (κ2) is 7.15. The average molecular weight is 372 g/mol. The van der Waals surface area contributed by atoms with Crippen LogP contribution in [0.3, 0.4) is 0 Å². The number of aromatic nitrogens is 3. The monoisotopic (exact) mass is 372 g/mol. The Kier molecular flexibility index (Phi) is 4.53. The summed E-state index contributed by atoms with van der Waals surface area (Å²) < 4.78 is 5.48. The zero-order chi connectivity index (χ0) is 19.7. The van der Waals surface area contributed by atoms with Gasteiger partial charge >= 0.3 is 0 Å². The molecule has 0 aliphatic rings. The summed E-state index contributed by atoms with van der Waals surface area (Å²) in [6, 6.07) is 17.4. The number of carbonyl (C=O) groups is 1. The Balaban J connectivity index is 1.77. The molecule has 2 aromatic heterocycles. The van der Waals surface area contributed by atoms with Gasteiger partial charge in [-0.05, 0) is 35.9 Å². The topological polar surface area (TPSA) is 71.1 Å². The number of nitrogens with zero attached hydrogens (tertiary/aromatic N) is 3. The highest BCUT2D eigenvalue weighted by molar-refractivity contribution is 5.96. The molecule has 4 aromatic rings. The normalized spacial score (nSPS) is 10.8. The number of aromatic amines is 1. The Morgan fingerprint density at radius 1 is 1.04 bits per heavy atom. The minimum absolute atomic E-state index is 0.0200. The fourth-order valence-electron chi connectivity index (χ4n) is 3.18. The van der Waals surface area contributed by atoms with Crippen LogP contribution in [0.25, 0.3) is 33.4 Å². The van der Waals surface area contributed by atoms with E-state index in [9.17, 15) is 4.79 Å². The zero-order valence-electron chi connectivity index (χ0n) is 15.9. The van der Waals surface area contributed by atoms with Crippen molar-refractivity contribution >= 4 is 16.9 Å². The lowest BCUT2D eigenvalue weighted by Gasteiger charge is -2.10. The third-order valence-electron chi connectivity index (χ3n) is 4.66. The number of ether oxygens (including phenoxy) is 1. The SMILES string of the molecule is COc1ccccc1-c1[nH]nc2ncc(-c3ccc(C(=O)N(C)C)cc3)cc12. The van der Waals surface area contributed by atoms with E-state index in [1.165, 1.54) is 0 Å². The molecule has 2 heterocycles. The number of amides is 1. The third-order valence-corrected chi connectivity index (χ3v) is 4.66. The quantitative estimate of drug-likeness (QED) is 0.588. The van der Waals surface area contributed by atoms with Gasteiger partial charge in [-0.15, -0.1) is 0 Å². The van der Waals surface area contributed by atoms with E-state index in [4.69, 9.17) is 4.74 Å². The summed E-state index contributed by atoms with van der Waals surface area (Å²) in [6.45, 7) is 0. The van der Waals surface area contributed by atoms with E-state index in [-0.39, 0.29) is 5.91 Å². The first-order chi connectivity index (χ1) is 13.6. The van der Waals surface area contributed by atoms with Gasteiger partial charge in [0.15, 0.2) is 5.65 Å². The number of nitrogens with one attached hydrogen (secondary N) is 1. The molecule has 0 bridgehead atoms. The first kappa shape index (κ1) is 17.7. The Morgan fingerprint density at radius 2 is 1.79 bits per heavy atom. The van der Waals surface area contributed by atoms with Crippen LogP contribution in [0, 0.1) is 0 Å². The molecule has 1 amide bonds. The van der Waals surface area contributed by atoms with Gasteiger partial charge in [0.1, 0.15) is 5.75 Å². The Labute approximate surface area is 162 Å². The lowest BCUT2D eigenvalue weighted by atomic mass is 10.0. The maximum absolute atomic E-state index is 12.1. The van der Waals surface area contributed by atoms with Gasteiger partial charge < -0.3 is 9.64 Å². The van der Waals surface area contributed by atoms with Crippen molar-refractivity contribution in [1.82, 2.24) is 20.1 Å². The van der Waals surface area contributed by atoms with Crippen LogP contribution in [0.4, 0.5) is 0 Å². The molecular weight excluding hydrogens is 352 g/mol. The summed E-state index contributed by atoms with van der Waals surface area (Å²) >= 11 is 0. The van der Waals surface area contributed by atoms with Crippen molar-refractivity contribution in [2.75, 3.05) is 21.2 Å². The number of hydrogen-bond acceptors (Lipinski definition) is 4. The van der Waals surface area contributed by atoms with E-state index in [1.54, 1.807) is 32.3 Å². The second-order valence-corrected chi connectivity index (χ2v) is 6.67. The molecule has 0 radical (unpaired) electrons. The number of hydrogen-bond donors (Lipinski definition) is 1. The number of H-pyrrole nitrogens is 1. The highest BCUT2D eigenvalue weighted by Gasteiger charge is 2.14. The van der Waals surface area contributed by atoms with Crippen LogP contribution < -0.4 is 4.74 Å². The van der Waals surface area contributed by atoms with Crippen molar-refractivity contribution in [2.45, 2.75) is 0 Å². The molecule has 6 heteroatoms. The molecule has 0 saturated carbocycles. The van der Waals surface area contributed by atoms with Crippen LogP contribution in [0.15, 0.2) is 60.8 Å². The number of para-hydroxylation sites is 1. The predicted molar refractivity (Wildman–Crippen MR) is 109 cm³/mol. The van der Waals surface area contributed by atoms with E-state index in [0.717, 1.165) is 33.5 Å². The summed E-state index contributed by atoms with van der Waals surface area (Å²) in [5.74, 6) is 0.749. The summed E-state index contributed by atoms with van der Waals surface area (Å²) in [7, 11) is 5.14. The number of fused-ring (bicyclic) bond motifs is 1. The highest BCUT2D eigenvalue weighted by Crippen LogP contribution is 2.34. The fourth-order valence-corrected chi connectivity index (χ4v) is 3.18. The molecule has 0 aliphatic carbocycles. The highest BCUT2D eigenvalue weighted by atomic mass is 16.5. The number of carbonyl (C=O) groups excluding carboxylic acids is 1. The lowest BCUT2D eigenvalue weighted by molar-refractivity contribution is 0.0827. The van der Waals surface area contributed by atoms with Gasteiger partial charge in [0.2, 0.25) is 0 Å². The van der Waals surface area contributed by atoms with E-state index in [2.05, 4.69) is 21.2 Å². The van der Waals surface area contributed by atoms with Gasteiger partial charge in [0.25, 0.3) is 5.91 Å². The Hall–Kier alpha value is -3.67. The zero-order valence-corrected chi connectivity index (χ0v) is 15.9. The van der Waals surface area contributed by atoms with Gasteiger partial charge in [-0.3, -0.25) is 9.89 Å². The van der Waals surface area contributed by atoms with Crippen molar-refractivity contribution in [1.29, 1.82) is 0 Å². The number of rotatable bonds is 4. The summed E-state index contributed by atoms with van der Waals surface area (Å²) in [4.78, 5) is 18.1. The molecular formula is C22H20N4O2. The van der Waals surface area contributed by atoms with Crippen LogP contribution in [0.2, 0.25) is 0 Å². The summed E-state index contributed by atoms with van der Waals surface area (Å²) in [5.41, 5.74) is 5.02. The fraction of sp³-hybridized carbons (Fsp3) is 0.136. The molecule has 1 N–H and O–H groups in total. The summed E-state index contributed by atoms with van der Waals surface area (Å²) in [5, 5.41) is 8.31. The molecule has 28 heavy (non-hydrogen) atoms. The molecule has 140 valence electrons. The Bertz CT molecular complexity index is 1150. The lowest BCUT2D eigenvalue weighted by Crippen LogP contribution is -2.21. The van der Waals surface area contributed by atoms with E-state index >= 15 is 0 Å². The number of pyridine rings is 1. The van der Waals surface area contributed by atoms with Crippen molar-refractivity contribution in [3.05, 3.63) is 66.4 Å². The van der Waals surface area contributed by atoms with Crippen molar-refractivity contribution in [3.8, 4) is 28.1 Å². The second-order valence-electron chi connectivity index (χ2n) is 6.67. The van der Waals surface area contributed by atoms with Crippen molar-refractivity contribution < 1.29 is 9.53 Å². The van der Waals surface area contributed by atoms with Gasteiger partial charge in [0.05, 0.1) is 12.8 Å². The van der Waals surface area contributed by atoms with Crippen LogP contribution in [0.1, 0.15) is 10.4 Å². The van der Waals surface area contributed by atoms with Gasteiger partial charge in [-0.25, -0.2) is 4.98 Å². The maximum Gasteiger partial charge on any atom is 0.253 e. The molecule has 4 rings (SSSR count). The summed E-state index contributed by atoms with van der Waals surface area (Å²) in [6.07, 6.45) is 1.79. The standard InChI is InChI=1S/C22H20N4O2/c1-26(2)22(27)15-10-8-14(9-11-15)16-12-18-20(24-25-21(18)23-13-16)17-6-4-5-7-19(17)28-3/h4-13H,1-3H3,(H,23,24,25). The first-order valence-corrected chi connectivity index (χ1v) is 8.88. The smallest absolute Gasteiger partial charge is 0.253 e. The van der Waals surface area contributed by atoms with Crippen LogP contribution in [-0.4, -0.2) is 47.2 Å². The largest absolute Gasteiger partial charge is 0.496 e. The molecule has 0 unspecified atom stereocenters. The van der Waals surface area contributed by atoms with Gasteiger partial charge in [-0.1, -0.05) is 24.3 Å².